The highest BCUT2D eigenvalue weighted by atomic mass is 79.9. The van der Waals surface area contributed by atoms with Crippen molar-refractivity contribution in [2.45, 2.75) is 43.0 Å². The number of benzene rings is 1. The fourth-order valence-electron chi connectivity index (χ4n) is 3.93. The van der Waals surface area contributed by atoms with Crippen LogP contribution < -0.4 is 4.90 Å². The van der Waals surface area contributed by atoms with E-state index >= 15 is 0 Å². The van der Waals surface area contributed by atoms with Gasteiger partial charge in [-0.2, -0.15) is 0 Å². The van der Waals surface area contributed by atoms with E-state index in [4.69, 9.17) is 0 Å². The SMILES string of the molecule is O=C(CCS(=O)(=O)c1ccc(Br)cc1)N1CC[NH+](C2CCCC2)CC1. The van der Waals surface area contributed by atoms with Gasteiger partial charge in [-0.1, -0.05) is 15.9 Å². The Morgan fingerprint density at radius 3 is 2.32 bits per heavy atom. The van der Waals surface area contributed by atoms with Crippen LogP contribution in [0.3, 0.4) is 0 Å². The molecule has 0 atom stereocenters. The molecular formula is C18H26BrN2O3S+. The number of nitrogens with one attached hydrogen (secondary N) is 1. The van der Waals surface area contributed by atoms with Crippen LogP contribution in [0, 0.1) is 0 Å². The lowest BCUT2D eigenvalue weighted by Gasteiger charge is -2.35. The summed E-state index contributed by atoms with van der Waals surface area (Å²) in [6, 6.07) is 7.34. The third-order valence-corrected chi connectivity index (χ3v) is 7.71. The van der Waals surface area contributed by atoms with Crippen LogP contribution in [0.15, 0.2) is 33.6 Å². The zero-order valence-corrected chi connectivity index (χ0v) is 16.8. The molecule has 0 bridgehead atoms. The minimum absolute atomic E-state index is 0.0360. The van der Waals surface area contributed by atoms with Crippen LogP contribution in [0.5, 0.6) is 0 Å². The topological polar surface area (TPSA) is 58.9 Å². The molecule has 1 aromatic carbocycles. The van der Waals surface area contributed by atoms with Gasteiger partial charge in [0.2, 0.25) is 5.91 Å². The number of carbonyl (C=O) groups excluding carboxylic acids is 1. The number of quaternary nitrogens is 1. The van der Waals surface area contributed by atoms with E-state index in [0.29, 0.717) is 0 Å². The van der Waals surface area contributed by atoms with Gasteiger partial charge >= 0.3 is 0 Å². The monoisotopic (exact) mass is 429 g/mol. The van der Waals surface area contributed by atoms with Gasteiger partial charge in [0.05, 0.1) is 42.9 Å². The third kappa shape index (κ3) is 4.83. The van der Waals surface area contributed by atoms with Gasteiger partial charge in [-0.15, -0.1) is 0 Å². The molecular weight excluding hydrogens is 404 g/mol. The number of rotatable bonds is 5. The molecule has 1 aromatic rings. The zero-order chi connectivity index (χ0) is 17.9. The molecule has 0 radical (unpaired) electrons. The molecule has 1 heterocycles. The van der Waals surface area contributed by atoms with Gasteiger partial charge in [-0.25, -0.2) is 8.42 Å². The maximum atomic E-state index is 12.4. The molecule has 138 valence electrons. The molecule has 2 aliphatic rings. The highest BCUT2D eigenvalue weighted by Crippen LogP contribution is 2.17. The molecule has 1 saturated carbocycles. The summed E-state index contributed by atoms with van der Waals surface area (Å²) in [5.41, 5.74) is 0. The maximum absolute atomic E-state index is 12.4. The quantitative estimate of drug-likeness (QED) is 0.766. The fourth-order valence-corrected chi connectivity index (χ4v) is 5.42. The second kappa shape index (κ2) is 8.18. The largest absolute Gasteiger partial charge is 0.331 e. The number of carbonyl (C=O) groups is 1. The van der Waals surface area contributed by atoms with Crippen molar-refractivity contribution in [1.29, 1.82) is 0 Å². The molecule has 1 aliphatic heterocycles. The van der Waals surface area contributed by atoms with Crippen LogP contribution in [-0.2, 0) is 14.6 Å². The lowest BCUT2D eigenvalue weighted by molar-refractivity contribution is -0.928. The Morgan fingerprint density at radius 2 is 1.72 bits per heavy atom. The van der Waals surface area contributed by atoms with Gasteiger partial charge in [-0.05, 0) is 49.9 Å². The first-order valence-electron chi connectivity index (χ1n) is 9.06. The second-order valence-electron chi connectivity index (χ2n) is 7.04. The molecule has 7 heteroatoms. The van der Waals surface area contributed by atoms with Crippen molar-refractivity contribution in [2.24, 2.45) is 0 Å². The van der Waals surface area contributed by atoms with E-state index in [1.165, 1.54) is 25.7 Å². The van der Waals surface area contributed by atoms with Crippen LogP contribution in [0.2, 0.25) is 0 Å². The van der Waals surface area contributed by atoms with Crippen molar-refractivity contribution in [3.05, 3.63) is 28.7 Å². The highest BCUT2D eigenvalue weighted by Gasteiger charge is 2.31. The zero-order valence-electron chi connectivity index (χ0n) is 14.4. The molecule has 0 unspecified atom stereocenters. The van der Waals surface area contributed by atoms with Crippen molar-refractivity contribution in [1.82, 2.24) is 4.90 Å². The molecule has 2 fully saturated rings. The summed E-state index contributed by atoms with van der Waals surface area (Å²) in [6.07, 6.45) is 5.37. The van der Waals surface area contributed by atoms with Crippen molar-refractivity contribution in [3.8, 4) is 0 Å². The predicted molar refractivity (Wildman–Crippen MR) is 100 cm³/mol. The molecule has 0 spiro atoms. The van der Waals surface area contributed by atoms with Crippen LogP contribution in [0.4, 0.5) is 0 Å². The number of amides is 1. The molecule has 0 aromatic heterocycles. The van der Waals surface area contributed by atoms with Crippen LogP contribution in [0.25, 0.3) is 0 Å². The first-order valence-corrected chi connectivity index (χ1v) is 11.5. The summed E-state index contributed by atoms with van der Waals surface area (Å²) in [5, 5.41) is 0. The summed E-state index contributed by atoms with van der Waals surface area (Å²) < 4.78 is 25.6. The standard InChI is InChI=1S/C18H25BrN2O3S/c19-15-5-7-17(8-6-15)25(23,24)14-9-18(22)21-12-10-20(11-13-21)16-3-1-2-4-16/h5-8,16H,1-4,9-14H2/p+1. The minimum Gasteiger partial charge on any atom is -0.331 e. The summed E-state index contributed by atoms with van der Waals surface area (Å²) in [6.45, 7) is 3.50. The van der Waals surface area contributed by atoms with Crippen molar-refractivity contribution in [3.63, 3.8) is 0 Å². The average molecular weight is 430 g/mol. The molecule has 1 aliphatic carbocycles. The number of piperazine rings is 1. The summed E-state index contributed by atoms with van der Waals surface area (Å²) in [4.78, 5) is 16.2. The maximum Gasteiger partial charge on any atom is 0.224 e. The number of halogens is 1. The number of hydrogen-bond donors (Lipinski definition) is 1. The smallest absolute Gasteiger partial charge is 0.224 e. The van der Waals surface area contributed by atoms with E-state index < -0.39 is 9.84 Å². The lowest BCUT2D eigenvalue weighted by atomic mass is 10.2. The van der Waals surface area contributed by atoms with Crippen molar-refractivity contribution in [2.75, 3.05) is 31.9 Å². The van der Waals surface area contributed by atoms with Crippen LogP contribution in [0.1, 0.15) is 32.1 Å². The first kappa shape index (κ1) is 18.9. The van der Waals surface area contributed by atoms with Crippen molar-refractivity contribution >= 4 is 31.7 Å². The van der Waals surface area contributed by atoms with E-state index in [0.717, 1.165) is 36.7 Å². The highest BCUT2D eigenvalue weighted by molar-refractivity contribution is 9.10. The Labute approximate surface area is 158 Å². The number of hydrogen-bond acceptors (Lipinski definition) is 3. The minimum atomic E-state index is -3.41. The molecule has 25 heavy (non-hydrogen) atoms. The Bertz CT molecular complexity index is 692. The Morgan fingerprint density at radius 1 is 1.12 bits per heavy atom. The predicted octanol–water partition coefficient (Wildman–Crippen LogP) is 1.28. The fraction of sp³-hybridized carbons (Fsp3) is 0.611. The normalized spacial score (nSPS) is 20.1. The van der Waals surface area contributed by atoms with Gasteiger partial charge in [-0.3, -0.25) is 4.79 Å². The first-order chi connectivity index (χ1) is 12.0. The summed E-state index contributed by atoms with van der Waals surface area (Å²) in [7, 11) is -3.41. The van der Waals surface area contributed by atoms with Crippen LogP contribution >= 0.6 is 15.9 Å². The molecule has 3 rings (SSSR count). The van der Waals surface area contributed by atoms with Gasteiger partial charge in [0.25, 0.3) is 0 Å². The van der Waals surface area contributed by atoms with E-state index in [9.17, 15) is 13.2 Å². The van der Waals surface area contributed by atoms with E-state index in [2.05, 4.69) is 15.9 Å². The Kier molecular flexibility index (Phi) is 6.17. The molecule has 1 amide bonds. The molecule has 1 saturated heterocycles. The molecule has 1 N–H and O–H groups in total. The summed E-state index contributed by atoms with van der Waals surface area (Å²) >= 11 is 3.30. The average Bonchev–Trinajstić information content (AvgIpc) is 3.15. The van der Waals surface area contributed by atoms with Gasteiger partial charge in [0.15, 0.2) is 9.84 Å². The van der Waals surface area contributed by atoms with E-state index in [1.807, 2.05) is 4.90 Å². The van der Waals surface area contributed by atoms with E-state index in [-0.39, 0.29) is 23.0 Å². The van der Waals surface area contributed by atoms with Gasteiger partial charge < -0.3 is 9.80 Å². The van der Waals surface area contributed by atoms with E-state index in [1.54, 1.807) is 29.2 Å². The summed E-state index contributed by atoms with van der Waals surface area (Å²) in [5.74, 6) is -0.158. The Hall–Kier alpha value is -0.920. The second-order valence-corrected chi connectivity index (χ2v) is 10.1. The third-order valence-electron chi connectivity index (χ3n) is 5.45. The number of nitrogens with zero attached hydrogens (tertiary/aromatic N) is 1. The van der Waals surface area contributed by atoms with Gasteiger partial charge in [0, 0.05) is 10.9 Å². The van der Waals surface area contributed by atoms with Gasteiger partial charge in [0.1, 0.15) is 0 Å². The van der Waals surface area contributed by atoms with Crippen molar-refractivity contribution < 1.29 is 18.1 Å². The lowest BCUT2D eigenvalue weighted by Crippen LogP contribution is -3.18. The Balaban J connectivity index is 1.48. The molecule has 5 nitrogen and oxygen atoms in total. The van der Waals surface area contributed by atoms with Crippen LogP contribution in [-0.4, -0.2) is 57.2 Å². The number of sulfone groups is 1.